The van der Waals surface area contributed by atoms with Crippen LogP contribution in [0.2, 0.25) is 0 Å². The minimum absolute atomic E-state index is 0.103. The first-order chi connectivity index (χ1) is 29.3. The predicted octanol–water partition coefficient (Wildman–Crippen LogP) is 5.61. The lowest BCUT2D eigenvalue weighted by atomic mass is 9.71. The van der Waals surface area contributed by atoms with Gasteiger partial charge in [-0.15, -0.1) is 20.4 Å². The maximum atomic E-state index is 13.6. The predicted molar refractivity (Wildman–Crippen MR) is 213 cm³/mol. The Morgan fingerprint density at radius 3 is 1.10 bits per heavy atom. The second-order valence-electron chi connectivity index (χ2n) is 16.8. The summed E-state index contributed by atoms with van der Waals surface area (Å²) in [5.41, 5.74) is -2.08. The van der Waals surface area contributed by atoms with E-state index in [0.717, 1.165) is 115 Å². The molecule has 340 valence electrons. The summed E-state index contributed by atoms with van der Waals surface area (Å²) >= 11 is 0. The number of hydrogen-bond donors (Lipinski definition) is 6. The van der Waals surface area contributed by atoms with Crippen molar-refractivity contribution >= 4 is 20.0 Å². The molecule has 2 aliphatic heterocycles. The third-order valence-electron chi connectivity index (χ3n) is 13.2. The Kier molecular flexibility index (Phi) is 13.7. The smallest absolute Gasteiger partial charge is 0.317 e. The van der Waals surface area contributed by atoms with E-state index in [1.165, 1.54) is 12.1 Å². The second-order valence-corrected chi connectivity index (χ2v) is 19.8. The highest BCUT2D eigenvalue weighted by atomic mass is 32.2. The van der Waals surface area contributed by atoms with Gasteiger partial charge in [0.15, 0.2) is 0 Å². The molecule has 0 bridgehead atoms. The number of alkyl halides is 6. The lowest BCUT2D eigenvalue weighted by Gasteiger charge is -2.36. The number of H-pyrrole nitrogens is 2. The average molecular weight is 917 g/mol. The molecule has 4 fully saturated rings. The quantitative estimate of drug-likeness (QED) is 0.118. The number of rotatable bonds is 8. The van der Waals surface area contributed by atoms with Crippen LogP contribution in [-0.2, 0) is 32.4 Å². The Hall–Kier alpha value is -4.10. The molecule has 4 heterocycles. The number of benzene rings is 2. The highest BCUT2D eigenvalue weighted by molar-refractivity contribution is 7.89. The number of nitrogens with zero attached hydrogens (tertiary/aromatic N) is 6. The van der Waals surface area contributed by atoms with Gasteiger partial charge in [0.2, 0.25) is 31.7 Å². The number of nitrogens with two attached hydrogens (primary N) is 2. The molecular formula is C38H50F6N12O4S2. The van der Waals surface area contributed by atoms with Crippen LogP contribution in [-0.4, -0.2) is 84.3 Å². The third-order valence-corrected chi connectivity index (χ3v) is 15.2. The summed E-state index contributed by atoms with van der Waals surface area (Å²) in [7, 11) is -9.42. The Morgan fingerprint density at radius 1 is 0.500 bits per heavy atom. The van der Waals surface area contributed by atoms with Crippen LogP contribution < -0.4 is 20.9 Å². The number of hydrogen-bond acceptors (Lipinski definition) is 12. The summed E-state index contributed by atoms with van der Waals surface area (Å²) in [5, 5.41) is 43.6. The van der Waals surface area contributed by atoms with E-state index in [2.05, 4.69) is 51.9 Å². The van der Waals surface area contributed by atoms with Crippen molar-refractivity contribution < 1.29 is 43.2 Å². The van der Waals surface area contributed by atoms with Gasteiger partial charge in [-0.1, -0.05) is 12.1 Å². The van der Waals surface area contributed by atoms with Gasteiger partial charge < -0.3 is 10.6 Å². The molecule has 2 aromatic heterocycles. The summed E-state index contributed by atoms with van der Waals surface area (Å²) in [4.78, 5) is -1.97. The molecule has 62 heavy (non-hydrogen) atoms. The molecule has 0 radical (unpaired) electrons. The number of sulfonamides is 2. The number of tetrazole rings is 2. The number of aromatic amines is 2. The van der Waals surface area contributed by atoms with Crippen LogP contribution >= 0.6 is 0 Å². The second kappa shape index (κ2) is 18.6. The van der Waals surface area contributed by atoms with Gasteiger partial charge >= 0.3 is 12.4 Å². The van der Waals surface area contributed by atoms with Gasteiger partial charge in [-0.3, -0.25) is 0 Å². The zero-order chi connectivity index (χ0) is 44.5. The standard InChI is InChI=1S/2C19H25F3N6O2S/c2*20-19(21,22)15-6-5-14(16(17(15)31(23,29)30)18-25-27-28-26-18)13-3-1-11(2-4-13)12-7-9-24-10-8-12/h2*5-6,11-13,24H,1-4,7-10H2,(H2,23,29,30)(H,25,26,27,28). The molecule has 2 saturated carbocycles. The number of primary sulfonamides is 2. The maximum absolute atomic E-state index is 13.6. The normalized spacial score (nSPS) is 23.7. The van der Waals surface area contributed by atoms with E-state index in [1.807, 2.05) is 0 Å². The van der Waals surface area contributed by atoms with Gasteiger partial charge in [-0.05, 0) is 172 Å². The molecule has 24 heteroatoms. The van der Waals surface area contributed by atoms with E-state index in [4.69, 9.17) is 10.3 Å². The van der Waals surface area contributed by atoms with Crippen molar-refractivity contribution in [1.29, 1.82) is 0 Å². The Labute approximate surface area is 354 Å². The SMILES string of the molecule is NS(=O)(=O)c1c(C(F)(F)F)ccc(C2CCC(C3CCNCC3)CC2)c1-c1nn[nH]n1.NS(=O)(=O)c1c(C(F)(F)F)ccc(C2CCC(C3CCNCC3)CC2)c1-c1nn[nH]n1. The molecule has 0 atom stereocenters. The van der Waals surface area contributed by atoms with E-state index in [0.29, 0.717) is 34.8 Å². The largest absolute Gasteiger partial charge is 0.417 e. The van der Waals surface area contributed by atoms with Crippen molar-refractivity contribution in [2.75, 3.05) is 26.2 Å². The molecule has 2 aliphatic carbocycles. The van der Waals surface area contributed by atoms with Gasteiger partial charge in [-0.25, -0.2) is 27.1 Å². The van der Waals surface area contributed by atoms with E-state index in [9.17, 15) is 43.2 Å². The zero-order valence-electron chi connectivity index (χ0n) is 33.6. The number of halogens is 6. The Bertz CT molecular complexity index is 2190. The van der Waals surface area contributed by atoms with Crippen molar-refractivity contribution in [2.45, 2.75) is 111 Å². The first kappa shape index (κ1) is 45.9. The van der Waals surface area contributed by atoms with E-state index in [1.54, 1.807) is 0 Å². The zero-order valence-corrected chi connectivity index (χ0v) is 35.3. The number of aromatic nitrogens is 8. The van der Waals surface area contributed by atoms with Crippen molar-refractivity contribution in [3.8, 4) is 22.8 Å². The van der Waals surface area contributed by atoms with Gasteiger partial charge in [0.25, 0.3) is 0 Å². The average Bonchev–Trinajstić information content (AvgIpc) is 3.99. The fraction of sp³-hybridized carbons (Fsp3) is 0.632. The lowest BCUT2D eigenvalue weighted by molar-refractivity contribution is -0.140. The minimum Gasteiger partial charge on any atom is -0.317 e. The molecule has 16 nitrogen and oxygen atoms in total. The third kappa shape index (κ3) is 10.3. The van der Waals surface area contributed by atoms with Crippen molar-refractivity contribution in [2.24, 2.45) is 33.9 Å². The summed E-state index contributed by atoms with van der Waals surface area (Å²) in [6.45, 7) is 4.07. The molecule has 4 aromatic rings. The van der Waals surface area contributed by atoms with Crippen molar-refractivity contribution in [3.05, 3.63) is 46.5 Å². The summed E-state index contributed by atoms with van der Waals surface area (Å²) in [6.07, 6.45) is 1.60. The molecule has 8 rings (SSSR count). The molecule has 0 amide bonds. The maximum Gasteiger partial charge on any atom is 0.417 e. The summed E-state index contributed by atoms with van der Waals surface area (Å²) < 4.78 is 131. The molecule has 8 N–H and O–H groups in total. The van der Waals surface area contributed by atoms with E-state index in [-0.39, 0.29) is 34.6 Å². The van der Waals surface area contributed by atoms with Crippen LogP contribution in [0, 0.1) is 23.7 Å². The summed E-state index contributed by atoms with van der Waals surface area (Å²) in [5.74, 6) is 1.87. The first-order valence-electron chi connectivity index (χ1n) is 20.7. The van der Waals surface area contributed by atoms with Crippen LogP contribution in [0.4, 0.5) is 26.3 Å². The Morgan fingerprint density at radius 2 is 0.823 bits per heavy atom. The van der Waals surface area contributed by atoms with Gasteiger partial charge in [0.1, 0.15) is 9.79 Å². The molecule has 0 unspecified atom stereocenters. The first-order valence-corrected chi connectivity index (χ1v) is 23.8. The minimum atomic E-state index is -4.90. The van der Waals surface area contributed by atoms with Gasteiger partial charge in [0, 0.05) is 11.1 Å². The monoisotopic (exact) mass is 916 g/mol. The number of piperidine rings is 2. The van der Waals surface area contributed by atoms with Crippen LogP contribution in [0.25, 0.3) is 22.8 Å². The highest BCUT2D eigenvalue weighted by Crippen LogP contribution is 2.49. The van der Waals surface area contributed by atoms with E-state index < -0.39 is 53.3 Å². The molecule has 0 spiro atoms. The molecule has 2 aromatic carbocycles. The van der Waals surface area contributed by atoms with Crippen molar-refractivity contribution in [1.82, 2.24) is 51.9 Å². The van der Waals surface area contributed by atoms with Gasteiger partial charge in [-0.2, -0.15) is 36.8 Å². The summed E-state index contributed by atoms with van der Waals surface area (Å²) in [6, 6.07) is 4.30. The molecule has 2 saturated heterocycles. The van der Waals surface area contributed by atoms with Crippen LogP contribution in [0.1, 0.15) is 111 Å². The topological polar surface area (TPSA) is 253 Å². The van der Waals surface area contributed by atoms with E-state index >= 15 is 0 Å². The fourth-order valence-corrected chi connectivity index (χ4v) is 12.3. The van der Waals surface area contributed by atoms with Crippen molar-refractivity contribution in [3.63, 3.8) is 0 Å². The fourth-order valence-electron chi connectivity index (χ4n) is 10.3. The Balaban J connectivity index is 0.000000186. The van der Waals surface area contributed by atoms with Crippen LogP contribution in [0.3, 0.4) is 0 Å². The highest BCUT2D eigenvalue weighted by Gasteiger charge is 2.43. The number of nitrogens with one attached hydrogen (secondary N) is 4. The van der Waals surface area contributed by atoms with Crippen LogP contribution in [0.5, 0.6) is 0 Å². The molecule has 4 aliphatic rings. The molecular weight excluding hydrogens is 867 g/mol. The van der Waals surface area contributed by atoms with Crippen LogP contribution in [0.15, 0.2) is 34.1 Å². The lowest BCUT2D eigenvalue weighted by Crippen LogP contribution is -2.33. The van der Waals surface area contributed by atoms with Gasteiger partial charge in [0.05, 0.1) is 11.1 Å².